The third-order valence-electron chi connectivity index (χ3n) is 10.2. The normalized spacial score (nSPS) is 18.1. The average Bonchev–Trinajstić information content (AvgIpc) is 3.65. The molecule has 4 aromatic heterocycles. The third-order valence-corrected chi connectivity index (χ3v) is 11.4. The number of rotatable bonds is 11. The predicted molar refractivity (Wildman–Crippen MR) is 197 cm³/mol. The van der Waals surface area contributed by atoms with Crippen molar-refractivity contribution in [1.82, 2.24) is 34.1 Å². The number of aromatic nitrogens is 7. The van der Waals surface area contributed by atoms with Gasteiger partial charge >= 0.3 is 0 Å². The van der Waals surface area contributed by atoms with Gasteiger partial charge in [0.05, 0.1) is 46.3 Å². The minimum atomic E-state index is -3.97. The highest BCUT2D eigenvalue weighted by Crippen LogP contribution is 2.68. The minimum Gasteiger partial charge on any atom is -0.480 e. The van der Waals surface area contributed by atoms with Gasteiger partial charge in [0.1, 0.15) is 39.9 Å². The summed E-state index contributed by atoms with van der Waals surface area (Å²) >= 11 is 13.0. The summed E-state index contributed by atoms with van der Waals surface area (Å²) in [5.74, 6) is -12.6. The van der Waals surface area contributed by atoms with Gasteiger partial charge in [-0.15, -0.1) is 0 Å². The van der Waals surface area contributed by atoms with E-state index in [1.165, 1.54) is 26.3 Å². The number of carbonyl (C=O) groups excluding carboxylic acids is 1. The first-order valence-corrected chi connectivity index (χ1v) is 19.7. The molecule has 0 radical (unpaired) electrons. The monoisotopic (exact) mass is 869 g/mol. The predicted octanol–water partition coefficient (Wildman–Crippen LogP) is 6.03. The van der Waals surface area contributed by atoms with Crippen LogP contribution in [0.15, 0.2) is 41.2 Å². The van der Waals surface area contributed by atoms with Crippen LogP contribution in [0.5, 0.6) is 5.88 Å². The van der Waals surface area contributed by atoms with Crippen molar-refractivity contribution in [2.75, 3.05) is 18.1 Å². The molecular formula is C35H27Cl2F6N9O5S. The highest BCUT2D eigenvalue weighted by atomic mass is 35.5. The lowest BCUT2D eigenvalue weighted by molar-refractivity contribution is -0.122. The molecule has 4 atom stereocenters. The minimum absolute atomic E-state index is 0.0199. The highest BCUT2D eigenvalue weighted by Gasteiger charge is 2.67. The molecule has 0 saturated heterocycles. The second-order valence-electron chi connectivity index (χ2n) is 14.0. The fourth-order valence-corrected chi connectivity index (χ4v) is 8.90. The van der Waals surface area contributed by atoms with Gasteiger partial charge in [0, 0.05) is 24.6 Å². The van der Waals surface area contributed by atoms with E-state index in [1.54, 1.807) is 0 Å². The molecule has 0 bridgehead atoms. The lowest BCUT2D eigenvalue weighted by Crippen LogP contribution is -2.39. The summed E-state index contributed by atoms with van der Waals surface area (Å²) < 4.78 is 126. The van der Waals surface area contributed by atoms with Gasteiger partial charge < -0.3 is 10.5 Å². The average molecular weight is 871 g/mol. The fraction of sp³-hybridized carbons (Fsp3) is 0.314. The second-order valence-corrected chi connectivity index (χ2v) is 16.6. The Kier molecular flexibility index (Phi) is 9.23. The molecule has 6 aromatic rings. The van der Waals surface area contributed by atoms with Crippen LogP contribution in [0.2, 0.25) is 10.0 Å². The zero-order chi connectivity index (χ0) is 41.9. The molecular weight excluding hydrogens is 843 g/mol. The summed E-state index contributed by atoms with van der Waals surface area (Å²) in [7, 11) is -1.38. The third kappa shape index (κ3) is 6.29. The number of halogens is 8. The maximum absolute atomic E-state index is 16.1. The maximum Gasteiger partial charge on any atom is 0.293 e. The van der Waals surface area contributed by atoms with Crippen molar-refractivity contribution >= 4 is 66.9 Å². The van der Waals surface area contributed by atoms with Crippen LogP contribution >= 0.6 is 23.2 Å². The van der Waals surface area contributed by atoms with Crippen molar-refractivity contribution in [2.24, 2.45) is 18.7 Å². The molecule has 0 aliphatic heterocycles. The Morgan fingerprint density at radius 3 is 2.40 bits per heavy atom. The molecule has 1 unspecified atom stereocenters. The van der Waals surface area contributed by atoms with Gasteiger partial charge in [-0.25, -0.2) is 35.6 Å². The Balaban J connectivity index is 1.51. The molecule has 8 rings (SSSR count). The van der Waals surface area contributed by atoms with Crippen molar-refractivity contribution in [3.8, 4) is 11.6 Å². The molecule has 304 valence electrons. The number of hydrogen-bond donors (Lipinski definition) is 2. The van der Waals surface area contributed by atoms with E-state index in [0.29, 0.717) is 10.7 Å². The zero-order valence-corrected chi connectivity index (χ0v) is 32.3. The van der Waals surface area contributed by atoms with E-state index >= 15 is 8.78 Å². The van der Waals surface area contributed by atoms with Gasteiger partial charge in [0.15, 0.2) is 11.5 Å². The van der Waals surface area contributed by atoms with Crippen LogP contribution in [-0.2, 0) is 34.2 Å². The molecule has 58 heavy (non-hydrogen) atoms. The smallest absolute Gasteiger partial charge is 0.293 e. The van der Waals surface area contributed by atoms with Gasteiger partial charge in [-0.2, -0.15) is 24.0 Å². The molecule has 2 aliphatic rings. The Bertz CT molecular complexity index is 2900. The number of benzene rings is 2. The van der Waals surface area contributed by atoms with E-state index in [9.17, 15) is 35.6 Å². The van der Waals surface area contributed by atoms with Crippen LogP contribution in [0, 0.1) is 17.6 Å². The number of alkyl halides is 4. The molecule has 23 heteroatoms. The van der Waals surface area contributed by atoms with Crippen molar-refractivity contribution in [3.63, 3.8) is 0 Å². The number of nitrogens with zero attached hydrogens (tertiary/aromatic N) is 7. The quantitative estimate of drug-likeness (QED) is 0.147. The molecule has 1 saturated carbocycles. The Morgan fingerprint density at radius 2 is 1.78 bits per heavy atom. The van der Waals surface area contributed by atoms with Crippen LogP contribution in [0.25, 0.3) is 27.6 Å². The number of sulfonamides is 1. The van der Waals surface area contributed by atoms with E-state index in [0.717, 1.165) is 33.7 Å². The first-order valence-electron chi connectivity index (χ1n) is 17.0. The standard InChI is InChI=1S/C35H27Cl2F6N9O5S/c1-50-26-21(5-4-19(36)23(26)31(48-50)49-58(3,55)56)51-32(45-30-17(34(51)54)11-20(37)33(46-30)57-2)16(8-12-6-13(38)9-14(39)7-12)25(29(44)53)52-27-22(24(47-52)28(40)41)15-10-18(15)35(27,42)43/h4-7,9,11,15-16,18,25,28H,8,10H2,1-3H3,(H2,44,53)(H,48,49)/t15-,16-,18+,25?/m0/s1. The van der Waals surface area contributed by atoms with Crippen molar-refractivity contribution in [3.05, 3.63) is 96.8 Å². The van der Waals surface area contributed by atoms with Gasteiger partial charge in [-0.1, -0.05) is 23.2 Å². The van der Waals surface area contributed by atoms with Gasteiger partial charge in [0.25, 0.3) is 17.9 Å². The first kappa shape index (κ1) is 39.4. The van der Waals surface area contributed by atoms with Crippen LogP contribution in [0.1, 0.15) is 59.1 Å². The first-order chi connectivity index (χ1) is 27.2. The number of anilines is 1. The number of carbonyl (C=O) groups is 1. The van der Waals surface area contributed by atoms with Crippen LogP contribution in [0.4, 0.5) is 32.2 Å². The number of hydrogen-bond acceptors (Lipinski definition) is 9. The van der Waals surface area contributed by atoms with E-state index < -0.39 is 98.5 Å². The molecule has 2 aliphatic carbocycles. The number of aryl methyl sites for hydroxylation is 1. The van der Waals surface area contributed by atoms with Crippen LogP contribution in [0.3, 0.4) is 0 Å². The maximum atomic E-state index is 16.1. The lowest BCUT2D eigenvalue weighted by atomic mass is 9.89. The molecule has 2 aromatic carbocycles. The van der Waals surface area contributed by atoms with Crippen molar-refractivity contribution in [2.45, 2.75) is 43.1 Å². The molecule has 4 heterocycles. The number of methoxy groups -OCH3 is 1. The number of pyridine rings is 1. The summed E-state index contributed by atoms with van der Waals surface area (Å²) in [6, 6.07) is 3.82. The van der Waals surface area contributed by atoms with Gasteiger partial charge in [0.2, 0.25) is 21.8 Å². The van der Waals surface area contributed by atoms with E-state index in [2.05, 4.69) is 24.9 Å². The van der Waals surface area contributed by atoms with E-state index in [4.69, 9.17) is 33.7 Å². The number of nitrogens with two attached hydrogens (primary N) is 1. The molecule has 14 nitrogen and oxygen atoms in total. The SMILES string of the molecule is COc1nc2nc([C@@H](Cc3cc(F)cc(F)c3)C(C(N)=O)n3nc(C(F)F)c4c3C(F)(F)[C@@H]3C[C@H]43)n(-c3ccc(Cl)c4c(NS(C)(=O)=O)nn(C)c34)c(=O)c2cc1Cl. The number of amides is 1. The number of nitrogens with one attached hydrogen (secondary N) is 1. The summed E-state index contributed by atoms with van der Waals surface area (Å²) in [5.41, 5.74) is 1.80. The second kappa shape index (κ2) is 13.6. The molecule has 0 spiro atoms. The number of primary amides is 1. The zero-order valence-electron chi connectivity index (χ0n) is 29.9. The molecule has 1 fully saturated rings. The summed E-state index contributed by atoms with van der Waals surface area (Å²) in [6.07, 6.45) is -3.33. The lowest BCUT2D eigenvalue weighted by Gasteiger charge is -2.30. The number of fused-ring (bicyclic) bond motifs is 5. The fourth-order valence-electron chi connectivity index (χ4n) is 7.93. The van der Waals surface area contributed by atoms with E-state index in [-0.39, 0.29) is 61.4 Å². The number of ether oxygens (including phenoxy) is 1. The summed E-state index contributed by atoms with van der Waals surface area (Å²) in [4.78, 5) is 37.6. The van der Waals surface area contributed by atoms with Gasteiger partial charge in [-0.05, 0) is 54.7 Å². The Morgan fingerprint density at radius 1 is 1.09 bits per heavy atom. The van der Waals surface area contributed by atoms with Crippen LogP contribution < -0.4 is 20.8 Å². The summed E-state index contributed by atoms with van der Waals surface area (Å²) in [6.45, 7) is 0. The van der Waals surface area contributed by atoms with E-state index in [1.807, 2.05) is 0 Å². The van der Waals surface area contributed by atoms with Crippen molar-refractivity contribution < 1.29 is 44.3 Å². The van der Waals surface area contributed by atoms with Crippen molar-refractivity contribution in [1.29, 1.82) is 0 Å². The molecule has 1 amide bonds. The van der Waals surface area contributed by atoms with Gasteiger partial charge in [-0.3, -0.25) is 23.6 Å². The Hall–Kier alpha value is -5.41. The van der Waals surface area contributed by atoms with Crippen LogP contribution in [-0.4, -0.2) is 61.8 Å². The highest BCUT2D eigenvalue weighted by molar-refractivity contribution is 7.92. The summed E-state index contributed by atoms with van der Waals surface area (Å²) in [5, 5.41) is 7.60. The Labute approximate surface area is 332 Å². The topological polar surface area (TPSA) is 182 Å². The molecule has 3 N–H and O–H groups in total. The largest absolute Gasteiger partial charge is 0.480 e.